The molecule has 26 heavy (non-hydrogen) atoms. The molecule has 0 bridgehead atoms. The predicted octanol–water partition coefficient (Wildman–Crippen LogP) is 2.11. The van der Waals surface area contributed by atoms with Crippen LogP contribution in [0.2, 0.25) is 0 Å². The number of ether oxygens (including phenoxy) is 1. The molecule has 1 saturated heterocycles. The fourth-order valence-electron chi connectivity index (χ4n) is 3.85. The number of amides is 1. The molecule has 0 spiro atoms. The van der Waals surface area contributed by atoms with Gasteiger partial charge in [0.2, 0.25) is 5.91 Å². The van der Waals surface area contributed by atoms with E-state index in [9.17, 15) is 4.79 Å². The molecule has 4 nitrogen and oxygen atoms in total. The Labute approximate surface area is 159 Å². The Bertz CT molecular complexity index is 568. The molecule has 0 aromatic heterocycles. The van der Waals surface area contributed by atoms with E-state index < -0.39 is 0 Å². The van der Waals surface area contributed by atoms with Gasteiger partial charge in [-0.05, 0) is 31.2 Å². The predicted molar refractivity (Wildman–Crippen MR) is 107 cm³/mol. The van der Waals surface area contributed by atoms with Crippen molar-refractivity contribution < 1.29 is 14.4 Å². The summed E-state index contributed by atoms with van der Waals surface area (Å²) in [5.41, 5.74) is 2.43. The molecule has 0 unspecified atom stereocenters. The number of hydrogen-bond acceptors (Lipinski definition) is 2. The molecule has 2 rings (SSSR count). The van der Waals surface area contributed by atoms with E-state index in [0.29, 0.717) is 12.3 Å². The second-order valence-corrected chi connectivity index (χ2v) is 8.59. The molecule has 2 atom stereocenters. The van der Waals surface area contributed by atoms with Crippen LogP contribution in [0.3, 0.4) is 0 Å². The quantitative estimate of drug-likeness (QED) is 0.697. The van der Waals surface area contributed by atoms with Gasteiger partial charge in [0.25, 0.3) is 0 Å². The molecule has 1 aromatic rings. The summed E-state index contributed by atoms with van der Waals surface area (Å²) in [7, 11) is 4.28. The first-order chi connectivity index (χ1) is 12.3. The fraction of sp³-hybridized carbons (Fsp3) is 0.682. The summed E-state index contributed by atoms with van der Waals surface area (Å²) >= 11 is 0. The zero-order chi connectivity index (χ0) is 19.2. The highest BCUT2D eigenvalue weighted by molar-refractivity contribution is 5.77. The smallest absolute Gasteiger partial charge is 0.220 e. The SMILES string of the molecule is Cc1ccc([C@]2(CC(=O)NCCC[NH+](C)C)CCO[C@@H](C(C)C)C2)cc1. The van der Waals surface area contributed by atoms with E-state index in [-0.39, 0.29) is 17.4 Å². The molecule has 4 heteroatoms. The fourth-order valence-corrected chi connectivity index (χ4v) is 3.85. The molecular formula is C22H37N2O2+. The van der Waals surface area contributed by atoms with Crippen molar-refractivity contribution in [3.63, 3.8) is 0 Å². The molecule has 0 radical (unpaired) electrons. The molecule has 2 N–H and O–H groups in total. The lowest BCUT2D eigenvalue weighted by atomic mass is 9.68. The highest BCUT2D eigenvalue weighted by Gasteiger charge is 2.41. The van der Waals surface area contributed by atoms with Gasteiger partial charge in [-0.2, -0.15) is 0 Å². The number of hydrogen-bond donors (Lipinski definition) is 2. The van der Waals surface area contributed by atoms with Crippen LogP contribution in [0, 0.1) is 12.8 Å². The van der Waals surface area contributed by atoms with Crippen LogP contribution in [0.15, 0.2) is 24.3 Å². The number of benzene rings is 1. The van der Waals surface area contributed by atoms with Crippen molar-refractivity contribution in [1.82, 2.24) is 5.32 Å². The maximum Gasteiger partial charge on any atom is 0.220 e. The minimum Gasteiger partial charge on any atom is -0.378 e. The normalized spacial score (nSPS) is 23.4. The Kier molecular flexibility index (Phi) is 7.66. The molecule has 1 aliphatic heterocycles. The summed E-state index contributed by atoms with van der Waals surface area (Å²) in [6.07, 6.45) is 3.62. The summed E-state index contributed by atoms with van der Waals surface area (Å²) < 4.78 is 6.01. The van der Waals surface area contributed by atoms with Gasteiger partial charge < -0.3 is 15.0 Å². The molecule has 1 amide bonds. The molecule has 0 aliphatic carbocycles. The number of carbonyl (C=O) groups excluding carboxylic acids is 1. The zero-order valence-electron chi connectivity index (χ0n) is 17.2. The third-order valence-electron chi connectivity index (χ3n) is 5.59. The number of aryl methyl sites for hydroxylation is 1. The van der Waals surface area contributed by atoms with Gasteiger partial charge >= 0.3 is 0 Å². The van der Waals surface area contributed by atoms with Crippen molar-refractivity contribution in [2.45, 2.75) is 58.0 Å². The maximum absolute atomic E-state index is 12.7. The Morgan fingerprint density at radius 1 is 1.31 bits per heavy atom. The molecule has 1 aromatic carbocycles. The first-order valence-corrected chi connectivity index (χ1v) is 10.1. The van der Waals surface area contributed by atoms with E-state index in [1.807, 2.05) is 0 Å². The first kappa shape index (κ1) is 20.9. The van der Waals surface area contributed by atoms with E-state index in [1.54, 1.807) is 0 Å². The number of rotatable bonds is 8. The number of quaternary nitrogens is 1. The van der Waals surface area contributed by atoms with Gasteiger partial charge in [0.1, 0.15) is 0 Å². The Balaban J connectivity index is 2.10. The monoisotopic (exact) mass is 361 g/mol. The third-order valence-corrected chi connectivity index (χ3v) is 5.59. The van der Waals surface area contributed by atoms with Crippen molar-refractivity contribution in [2.24, 2.45) is 5.92 Å². The largest absolute Gasteiger partial charge is 0.378 e. The van der Waals surface area contributed by atoms with Crippen LogP contribution in [0.1, 0.15) is 50.7 Å². The first-order valence-electron chi connectivity index (χ1n) is 10.1. The van der Waals surface area contributed by atoms with Crippen LogP contribution in [-0.2, 0) is 14.9 Å². The van der Waals surface area contributed by atoms with E-state index >= 15 is 0 Å². The van der Waals surface area contributed by atoms with Gasteiger partial charge in [0, 0.05) is 31.4 Å². The van der Waals surface area contributed by atoms with Gasteiger partial charge in [-0.25, -0.2) is 0 Å². The summed E-state index contributed by atoms with van der Waals surface area (Å²) in [5, 5.41) is 3.14. The highest BCUT2D eigenvalue weighted by Crippen LogP contribution is 2.42. The van der Waals surface area contributed by atoms with Gasteiger partial charge in [-0.1, -0.05) is 43.7 Å². The lowest BCUT2D eigenvalue weighted by molar-refractivity contribution is -0.858. The van der Waals surface area contributed by atoms with Crippen LogP contribution < -0.4 is 10.2 Å². The van der Waals surface area contributed by atoms with Gasteiger partial charge in [0.15, 0.2) is 0 Å². The van der Waals surface area contributed by atoms with Crippen LogP contribution in [-0.4, -0.2) is 45.8 Å². The molecule has 146 valence electrons. The molecule has 1 aliphatic rings. The second kappa shape index (κ2) is 9.52. The van der Waals surface area contributed by atoms with Crippen LogP contribution in [0.4, 0.5) is 0 Å². The average molecular weight is 362 g/mol. The molecule has 1 heterocycles. The van der Waals surface area contributed by atoms with E-state index in [0.717, 1.165) is 39.0 Å². The Morgan fingerprint density at radius 2 is 2.00 bits per heavy atom. The third kappa shape index (κ3) is 5.82. The minimum absolute atomic E-state index is 0.113. The van der Waals surface area contributed by atoms with Crippen molar-refractivity contribution in [2.75, 3.05) is 33.8 Å². The lowest BCUT2D eigenvalue weighted by Gasteiger charge is -2.42. The maximum atomic E-state index is 12.7. The molecule has 1 fully saturated rings. The number of nitrogens with one attached hydrogen (secondary N) is 2. The summed E-state index contributed by atoms with van der Waals surface area (Å²) in [6.45, 7) is 9.09. The zero-order valence-corrected chi connectivity index (χ0v) is 17.2. The Morgan fingerprint density at radius 3 is 2.62 bits per heavy atom. The summed E-state index contributed by atoms with van der Waals surface area (Å²) in [5.74, 6) is 0.634. The van der Waals surface area contributed by atoms with Gasteiger partial charge in [0.05, 0.1) is 26.7 Å². The van der Waals surface area contributed by atoms with Crippen molar-refractivity contribution in [3.8, 4) is 0 Å². The topological polar surface area (TPSA) is 42.8 Å². The minimum atomic E-state index is -0.113. The van der Waals surface area contributed by atoms with Gasteiger partial charge in [-0.15, -0.1) is 0 Å². The lowest BCUT2D eigenvalue weighted by Crippen LogP contribution is -3.05. The van der Waals surface area contributed by atoms with Crippen LogP contribution >= 0.6 is 0 Å². The average Bonchev–Trinajstić information content (AvgIpc) is 2.59. The Hall–Kier alpha value is -1.39. The standard InChI is InChI=1S/C22H36N2O2/c1-17(2)20-15-22(11-14-26-20,19-9-7-18(3)8-10-19)16-21(25)23-12-6-13-24(4)5/h7-10,17,20H,6,11-16H2,1-5H3,(H,23,25)/p+1/t20-,22-/m1/s1. The van der Waals surface area contributed by atoms with Crippen molar-refractivity contribution in [3.05, 3.63) is 35.4 Å². The van der Waals surface area contributed by atoms with Crippen LogP contribution in [0.5, 0.6) is 0 Å². The van der Waals surface area contributed by atoms with Gasteiger partial charge in [-0.3, -0.25) is 4.79 Å². The van der Waals surface area contributed by atoms with E-state index in [4.69, 9.17) is 4.74 Å². The summed E-state index contributed by atoms with van der Waals surface area (Å²) in [6, 6.07) is 8.74. The van der Waals surface area contributed by atoms with E-state index in [2.05, 4.69) is 64.4 Å². The van der Waals surface area contributed by atoms with Crippen LogP contribution in [0.25, 0.3) is 0 Å². The second-order valence-electron chi connectivity index (χ2n) is 8.59. The van der Waals surface area contributed by atoms with Crippen molar-refractivity contribution >= 4 is 5.91 Å². The number of carbonyl (C=O) groups is 1. The van der Waals surface area contributed by atoms with E-state index in [1.165, 1.54) is 16.0 Å². The highest BCUT2D eigenvalue weighted by atomic mass is 16.5. The molecular weight excluding hydrogens is 324 g/mol. The van der Waals surface area contributed by atoms with Crippen molar-refractivity contribution in [1.29, 1.82) is 0 Å². The summed E-state index contributed by atoms with van der Waals surface area (Å²) in [4.78, 5) is 14.1. The molecule has 0 saturated carbocycles.